The van der Waals surface area contributed by atoms with E-state index in [4.69, 9.17) is 4.74 Å². The van der Waals surface area contributed by atoms with Crippen LogP contribution in [0.4, 0.5) is 5.69 Å². The highest BCUT2D eigenvalue weighted by atomic mass is 16.5. The zero-order valence-corrected chi connectivity index (χ0v) is 23.5. The van der Waals surface area contributed by atoms with Crippen LogP contribution in [0.1, 0.15) is 58.2 Å². The molecule has 0 unspecified atom stereocenters. The fourth-order valence-electron chi connectivity index (χ4n) is 4.82. The molecule has 0 bridgehead atoms. The zero-order valence-electron chi connectivity index (χ0n) is 23.5. The maximum Gasteiger partial charge on any atom is 0.338 e. The first-order valence-corrected chi connectivity index (χ1v) is 13.1. The molecule has 0 aliphatic heterocycles. The Kier molecular flexibility index (Phi) is 6.98. The van der Waals surface area contributed by atoms with Gasteiger partial charge in [-0.15, -0.1) is 0 Å². The molecule has 2 heterocycles. The van der Waals surface area contributed by atoms with Crippen molar-refractivity contribution in [1.29, 1.82) is 0 Å². The minimum atomic E-state index is -0.363. The predicted octanol–water partition coefficient (Wildman–Crippen LogP) is 7.25. The first-order chi connectivity index (χ1) is 19.1. The lowest BCUT2D eigenvalue weighted by Crippen LogP contribution is -2.15. The third kappa shape index (κ3) is 5.10. The maximum absolute atomic E-state index is 13.1. The van der Waals surface area contributed by atoms with E-state index in [9.17, 15) is 9.59 Å². The Hall–Kier alpha value is -4.78. The van der Waals surface area contributed by atoms with Crippen molar-refractivity contribution < 1.29 is 14.3 Å². The molecule has 0 saturated heterocycles. The molecule has 0 atom stereocenters. The number of amides is 1. The molecular formula is C33H32N4O3. The van der Waals surface area contributed by atoms with Crippen molar-refractivity contribution in [2.75, 3.05) is 12.4 Å². The monoisotopic (exact) mass is 532 g/mol. The zero-order chi connectivity index (χ0) is 28.6. The van der Waals surface area contributed by atoms with Crippen LogP contribution in [0.5, 0.6) is 0 Å². The SMILES string of the molecule is COC(=O)c1ccc(-c2cc3c(-c4cccc(NC(=O)c5ccc(C(C)(C)C)cc5)c4C)ncnc3[nH]2)cc1C. The van der Waals surface area contributed by atoms with E-state index in [2.05, 4.69) is 41.0 Å². The molecule has 40 heavy (non-hydrogen) atoms. The number of rotatable bonds is 5. The number of benzene rings is 3. The van der Waals surface area contributed by atoms with Gasteiger partial charge in [-0.25, -0.2) is 14.8 Å². The number of anilines is 1. The number of ether oxygens (including phenoxy) is 1. The summed E-state index contributed by atoms with van der Waals surface area (Å²) in [6.45, 7) is 10.3. The van der Waals surface area contributed by atoms with E-state index >= 15 is 0 Å². The van der Waals surface area contributed by atoms with Gasteiger partial charge in [0, 0.05) is 27.9 Å². The van der Waals surface area contributed by atoms with Crippen LogP contribution in [0.15, 0.2) is 73.1 Å². The summed E-state index contributed by atoms with van der Waals surface area (Å²) in [6.07, 6.45) is 1.53. The van der Waals surface area contributed by atoms with E-state index in [1.807, 2.05) is 74.5 Å². The van der Waals surface area contributed by atoms with Crippen LogP contribution in [-0.4, -0.2) is 33.9 Å². The smallest absolute Gasteiger partial charge is 0.338 e. The number of nitrogens with zero attached hydrogens (tertiary/aromatic N) is 2. The standard InChI is InChI=1S/C33H32N4O3/c1-19-16-22(12-15-24(19)32(39)40-6)28-17-26-29(34-18-35-30(26)36-28)25-8-7-9-27(20(25)2)37-31(38)21-10-13-23(14-11-21)33(3,4)5/h7-18H,1-6H3,(H,37,38)(H,34,35,36). The molecule has 0 fully saturated rings. The van der Waals surface area contributed by atoms with E-state index in [-0.39, 0.29) is 17.3 Å². The number of carbonyl (C=O) groups is 2. The first kappa shape index (κ1) is 26.8. The number of hydrogen-bond acceptors (Lipinski definition) is 5. The van der Waals surface area contributed by atoms with Gasteiger partial charge in [0.05, 0.1) is 18.4 Å². The number of esters is 1. The Morgan fingerprint density at radius 1 is 0.925 bits per heavy atom. The molecule has 0 spiro atoms. The summed E-state index contributed by atoms with van der Waals surface area (Å²) < 4.78 is 4.87. The van der Waals surface area contributed by atoms with Crippen molar-refractivity contribution in [1.82, 2.24) is 15.0 Å². The highest BCUT2D eigenvalue weighted by Gasteiger charge is 2.18. The number of carbonyl (C=O) groups excluding carboxylic acids is 2. The van der Waals surface area contributed by atoms with E-state index in [0.29, 0.717) is 16.8 Å². The fourth-order valence-corrected chi connectivity index (χ4v) is 4.82. The van der Waals surface area contributed by atoms with Crippen molar-refractivity contribution >= 4 is 28.6 Å². The molecule has 202 valence electrons. The lowest BCUT2D eigenvalue weighted by molar-refractivity contribution is 0.0599. The van der Waals surface area contributed by atoms with E-state index < -0.39 is 0 Å². The van der Waals surface area contributed by atoms with Crippen LogP contribution in [-0.2, 0) is 10.2 Å². The van der Waals surface area contributed by atoms with Crippen LogP contribution in [0.2, 0.25) is 0 Å². The van der Waals surface area contributed by atoms with Gasteiger partial charge in [-0.05, 0) is 77.9 Å². The van der Waals surface area contributed by atoms with Gasteiger partial charge in [0.1, 0.15) is 12.0 Å². The number of methoxy groups -OCH3 is 1. The van der Waals surface area contributed by atoms with E-state index in [1.54, 1.807) is 6.07 Å². The average molecular weight is 533 g/mol. The first-order valence-electron chi connectivity index (χ1n) is 13.1. The Labute approximate surface area is 233 Å². The maximum atomic E-state index is 13.1. The van der Waals surface area contributed by atoms with Crippen molar-refractivity contribution in [2.24, 2.45) is 0 Å². The highest BCUT2D eigenvalue weighted by molar-refractivity contribution is 6.05. The van der Waals surface area contributed by atoms with Crippen LogP contribution in [0.3, 0.4) is 0 Å². The summed E-state index contributed by atoms with van der Waals surface area (Å²) in [7, 11) is 1.38. The largest absolute Gasteiger partial charge is 0.465 e. The number of H-pyrrole nitrogens is 1. The minimum absolute atomic E-state index is 0.0201. The highest BCUT2D eigenvalue weighted by Crippen LogP contribution is 2.34. The van der Waals surface area contributed by atoms with Gasteiger partial charge in [-0.3, -0.25) is 4.79 Å². The van der Waals surface area contributed by atoms with Crippen LogP contribution < -0.4 is 5.32 Å². The summed E-state index contributed by atoms with van der Waals surface area (Å²) in [4.78, 5) is 37.5. The van der Waals surface area contributed by atoms with Gasteiger partial charge >= 0.3 is 5.97 Å². The molecule has 0 aliphatic carbocycles. The molecule has 5 aromatic rings. The van der Waals surface area contributed by atoms with Crippen molar-refractivity contribution in [3.63, 3.8) is 0 Å². The number of aromatic nitrogens is 3. The second-order valence-electron chi connectivity index (χ2n) is 10.9. The summed E-state index contributed by atoms with van der Waals surface area (Å²) in [5, 5.41) is 3.93. The van der Waals surface area contributed by atoms with Crippen molar-refractivity contribution in [3.8, 4) is 22.5 Å². The molecule has 2 aromatic heterocycles. The Balaban J connectivity index is 1.47. The molecule has 3 aromatic carbocycles. The average Bonchev–Trinajstić information content (AvgIpc) is 3.38. The number of hydrogen-bond donors (Lipinski definition) is 2. The topological polar surface area (TPSA) is 97.0 Å². The second kappa shape index (κ2) is 10.4. The van der Waals surface area contributed by atoms with Crippen molar-refractivity contribution in [3.05, 3.63) is 101 Å². The van der Waals surface area contributed by atoms with Gasteiger partial charge in [0.25, 0.3) is 5.91 Å². The molecule has 1 amide bonds. The lowest BCUT2D eigenvalue weighted by Gasteiger charge is -2.19. The molecule has 0 aliphatic rings. The van der Waals surface area contributed by atoms with Gasteiger partial charge in [0.2, 0.25) is 0 Å². The lowest BCUT2D eigenvalue weighted by atomic mass is 9.86. The minimum Gasteiger partial charge on any atom is -0.465 e. The number of fused-ring (bicyclic) bond motifs is 1. The van der Waals surface area contributed by atoms with Crippen LogP contribution in [0.25, 0.3) is 33.5 Å². The summed E-state index contributed by atoms with van der Waals surface area (Å²) in [5.41, 5.74) is 8.91. The van der Waals surface area contributed by atoms with Gasteiger partial charge in [-0.1, -0.05) is 51.1 Å². The molecule has 0 saturated carbocycles. The Morgan fingerprint density at radius 2 is 1.68 bits per heavy atom. The molecule has 0 radical (unpaired) electrons. The summed E-state index contributed by atoms with van der Waals surface area (Å²) in [5.74, 6) is -0.526. The van der Waals surface area contributed by atoms with Crippen LogP contribution >= 0.6 is 0 Å². The molecule has 5 rings (SSSR count). The third-order valence-corrected chi connectivity index (χ3v) is 7.22. The van der Waals surface area contributed by atoms with Gasteiger partial charge < -0.3 is 15.0 Å². The van der Waals surface area contributed by atoms with Gasteiger partial charge in [-0.2, -0.15) is 0 Å². The van der Waals surface area contributed by atoms with Crippen molar-refractivity contribution in [2.45, 2.75) is 40.0 Å². The number of aromatic amines is 1. The number of aryl methyl sites for hydroxylation is 1. The quantitative estimate of drug-likeness (QED) is 0.233. The molecular weight excluding hydrogens is 500 g/mol. The third-order valence-electron chi connectivity index (χ3n) is 7.22. The molecule has 2 N–H and O–H groups in total. The summed E-state index contributed by atoms with van der Waals surface area (Å²) >= 11 is 0. The Bertz CT molecular complexity index is 1740. The summed E-state index contributed by atoms with van der Waals surface area (Å²) in [6, 6.07) is 21.1. The second-order valence-corrected chi connectivity index (χ2v) is 10.9. The fraction of sp³-hybridized carbons (Fsp3) is 0.212. The Morgan fingerprint density at radius 3 is 2.35 bits per heavy atom. The van der Waals surface area contributed by atoms with E-state index in [0.717, 1.165) is 44.7 Å². The van der Waals surface area contributed by atoms with Crippen LogP contribution in [0, 0.1) is 13.8 Å². The normalized spacial score (nSPS) is 11.4. The predicted molar refractivity (Wildman–Crippen MR) is 159 cm³/mol. The van der Waals surface area contributed by atoms with E-state index in [1.165, 1.54) is 19.0 Å². The van der Waals surface area contributed by atoms with Gasteiger partial charge in [0.15, 0.2) is 0 Å². The number of nitrogens with one attached hydrogen (secondary N) is 2. The molecule has 7 nitrogen and oxygen atoms in total. The molecule has 7 heteroatoms.